The molecule has 1 heterocycles. The van der Waals surface area contributed by atoms with Crippen LogP contribution in [-0.2, 0) is 14.8 Å². The molecular formula is C17H15FN4O4S. The highest BCUT2D eigenvalue weighted by Crippen LogP contribution is 2.20. The smallest absolute Gasteiger partial charge is 0.247 e. The van der Waals surface area contributed by atoms with Gasteiger partial charge in [0.1, 0.15) is 5.82 Å². The lowest BCUT2D eigenvalue weighted by Crippen LogP contribution is -2.27. The molecule has 0 bridgehead atoms. The molecule has 0 radical (unpaired) electrons. The van der Waals surface area contributed by atoms with Crippen LogP contribution >= 0.6 is 0 Å². The molecule has 0 fully saturated rings. The maximum absolute atomic E-state index is 12.9. The molecule has 0 spiro atoms. The Morgan fingerprint density at radius 2 is 1.93 bits per heavy atom. The van der Waals surface area contributed by atoms with Gasteiger partial charge in [-0.2, -0.15) is 0 Å². The van der Waals surface area contributed by atoms with Crippen LogP contribution in [0, 0.1) is 5.82 Å². The third-order valence-corrected chi connectivity index (χ3v) is 5.00. The van der Waals surface area contributed by atoms with E-state index < -0.39 is 15.8 Å². The van der Waals surface area contributed by atoms with Crippen LogP contribution in [0.3, 0.4) is 0 Å². The van der Waals surface area contributed by atoms with Gasteiger partial charge in [0.25, 0.3) is 0 Å². The SMILES string of the molecule is O=C(CCNS(=O)(=O)c1ccc(F)cc1)Nc1cccc(-c2nnco2)c1. The Kier molecular flexibility index (Phi) is 5.57. The van der Waals surface area contributed by atoms with Gasteiger partial charge in [-0.15, -0.1) is 10.2 Å². The van der Waals surface area contributed by atoms with Crippen LogP contribution in [0.4, 0.5) is 10.1 Å². The Labute approximate surface area is 154 Å². The number of rotatable bonds is 7. The number of benzene rings is 2. The van der Waals surface area contributed by atoms with Crippen LogP contribution in [0.5, 0.6) is 0 Å². The van der Waals surface area contributed by atoms with Gasteiger partial charge in [-0.1, -0.05) is 6.07 Å². The van der Waals surface area contributed by atoms with E-state index in [2.05, 4.69) is 20.2 Å². The normalized spacial score (nSPS) is 11.3. The molecule has 2 aromatic carbocycles. The molecule has 0 saturated carbocycles. The van der Waals surface area contributed by atoms with E-state index in [9.17, 15) is 17.6 Å². The number of carbonyl (C=O) groups excluding carboxylic acids is 1. The van der Waals surface area contributed by atoms with Crippen LogP contribution < -0.4 is 10.0 Å². The molecule has 27 heavy (non-hydrogen) atoms. The van der Waals surface area contributed by atoms with Crippen LogP contribution in [0.2, 0.25) is 0 Å². The lowest BCUT2D eigenvalue weighted by molar-refractivity contribution is -0.116. The second kappa shape index (κ2) is 8.06. The molecule has 10 heteroatoms. The highest BCUT2D eigenvalue weighted by Gasteiger charge is 2.14. The van der Waals surface area contributed by atoms with Crippen LogP contribution in [-0.4, -0.2) is 31.1 Å². The lowest BCUT2D eigenvalue weighted by Gasteiger charge is -2.08. The molecular weight excluding hydrogens is 375 g/mol. The Morgan fingerprint density at radius 1 is 1.15 bits per heavy atom. The molecule has 3 aromatic rings. The van der Waals surface area contributed by atoms with Crippen molar-refractivity contribution in [2.24, 2.45) is 0 Å². The summed E-state index contributed by atoms with van der Waals surface area (Å²) >= 11 is 0. The van der Waals surface area contributed by atoms with Crippen molar-refractivity contribution >= 4 is 21.6 Å². The maximum Gasteiger partial charge on any atom is 0.247 e. The Balaban J connectivity index is 1.54. The first-order valence-electron chi connectivity index (χ1n) is 7.86. The number of carbonyl (C=O) groups is 1. The van der Waals surface area contributed by atoms with E-state index in [-0.39, 0.29) is 23.8 Å². The summed E-state index contributed by atoms with van der Waals surface area (Å²) in [5.74, 6) is -0.589. The van der Waals surface area contributed by atoms with Gasteiger partial charge in [0.05, 0.1) is 4.90 Å². The molecule has 0 saturated heterocycles. The lowest BCUT2D eigenvalue weighted by atomic mass is 10.2. The summed E-state index contributed by atoms with van der Waals surface area (Å²) in [6.07, 6.45) is 1.12. The van der Waals surface area contributed by atoms with Crippen molar-refractivity contribution in [1.82, 2.24) is 14.9 Å². The van der Waals surface area contributed by atoms with Gasteiger partial charge < -0.3 is 9.73 Å². The largest absolute Gasteiger partial charge is 0.423 e. The third-order valence-electron chi connectivity index (χ3n) is 3.52. The van der Waals surface area contributed by atoms with Gasteiger partial charge in [-0.05, 0) is 42.5 Å². The molecule has 0 aliphatic carbocycles. The summed E-state index contributed by atoms with van der Waals surface area (Å²) in [5.41, 5.74) is 1.15. The van der Waals surface area contributed by atoms with Crippen molar-refractivity contribution in [2.45, 2.75) is 11.3 Å². The fourth-order valence-electron chi connectivity index (χ4n) is 2.25. The van der Waals surface area contributed by atoms with Crippen LogP contribution in [0.25, 0.3) is 11.5 Å². The monoisotopic (exact) mass is 390 g/mol. The van der Waals surface area contributed by atoms with E-state index in [1.807, 2.05) is 0 Å². The summed E-state index contributed by atoms with van der Waals surface area (Å²) in [7, 11) is -3.81. The van der Waals surface area contributed by atoms with Gasteiger partial charge >= 0.3 is 0 Å². The van der Waals surface area contributed by atoms with Gasteiger partial charge in [-0.3, -0.25) is 4.79 Å². The Bertz CT molecular complexity index is 1020. The van der Waals surface area contributed by atoms with Crippen molar-refractivity contribution in [3.63, 3.8) is 0 Å². The van der Waals surface area contributed by atoms with E-state index in [0.717, 1.165) is 24.3 Å². The number of hydrogen-bond acceptors (Lipinski definition) is 6. The molecule has 0 aliphatic heterocycles. The Hall–Kier alpha value is -3.11. The number of nitrogens with zero attached hydrogens (tertiary/aromatic N) is 2. The minimum Gasteiger partial charge on any atom is -0.423 e. The van der Waals surface area contributed by atoms with Crippen molar-refractivity contribution in [1.29, 1.82) is 0 Å². The van der Waals surface area contributed by atoms with Gasteiger partial charge in [-0.25, -0.2) is 17.5 Å². The van der Waals surface area contributed by atoms with Crippen LogP contribution in [0.1, 0.15) is 6.42 Å². The standard InChI is InChI=1S/C17H15FN4O4S/c18-13-4-6-15(7-5-13)27(24,25)20-9-8-16(23)21-14-3-1-2-12(10-14)17-22-19-11-26-17/h1-7,10-11,20H,8-9H2,(H,21,23). The first kappa shape index (κ1) is 18.7. The molecule has 0 unspecified atom stereocenters. The minimum atomic E-state index is -3.81. The summed E-state index contributed by atoms with van der Waals surface area (Å²) in [6.45, 7) is -0.102. The first-order valence-corrected chi connectivity index (χ1v) is 9.34. The van der Waals surface area contributed by atoms with E-state index in [0.29, 0.717) is 17.1 Å². The maximum atomic E-state index is 12.9. The fourth-order valence-corrected chi connectivity index (χ4v) is 3.28. The first-order chi connectivity index (χ1) is 12.9. The Morgan fingerprint density at radius 3 is 2.63 bits per heavy atom. The fraction of sp³-hybridized carbons (Fsp3) is 0.118. The molecule has 2 N–H and O–H groups in total. The molecule has 8 nitrogen and oxygen atoms in total. The average Bonchev–Trinajstić information content (AvgIpc) is 3.17. The van der Waals surface area contributed by atoms with E-state index in [1.165, 1.54) is 6.39 Å². The number of aromatic nitrogens is 2. The second-order valence-electron chi connectivity index (χ2n) is 5.47. The quantitative estimate of drug-likeness (QED) is 0.639. The van der Waals surface area contributed by atoms with E-state index >= 15 is 0 Å². The number of halogens is 1. The summed E-state index contributed by atoms with van der Waals surface area (Å²) in [6, 6.07) is 11.2. The molecule has 0 atom stereocenters. The average molecular weight is 390 g/mol. The number of amides is 1. The van der Waals surface area contributed by atoms with Crippen molar-refractivity contribution in [3.05, 3.63) is 60.7 Å². The van der Waals surface area contributed by atoms with Crippen LogP contribution in [0.15, 0.2) is 64.2 Å². The predicted molar refractivity (Wildman–Crippen MR) is 94.6 cm³/mol. The number of hydrogen-bond donors (Lipinski definition) is 2. The zero-order chi connectivity index (χ0) is 19.3. The summed E-state index contributed by atoms with van der Waals surface area (Å²) < 4.78 is 44.4. The van der Waals surface area contributed by atoms with Gasteiger partial charge in [0, 0.05) is 24.2 Å². The summed E-state index contributed by atoms with van der Waals surface area (Å²) in [4.78, 5) is 12.0. The van der Waals surface area contributed by atoms with Crippen molar-refractivity contribution < 1.29 is 22.0 Å². The molecule has 0 aliphatic rings. The molecule has 3 rings (SSSR count). The predicted octanol–water partition coefficient (Wildman–Crippen LogP) is 2.18. The number of sulfonamides is 1. The third kappa shape index (κ3) is 4.96. The zero-order valence-electron chi connectivity index (χ0n) is 13.9. The topological polar surface area (TPSA) is 114 Å². The minimum absolute atomic E-state index is 0.0726. The molecule has 1 amide bonds. The van der Waals surface area contributed by atoms with Gasteiger partial charge in [0.2, 0.25) is 28.2 Å². The van der Waals surface area contributed by atoms with Crippen molar-refractivity contribution in [2.75, 3.05) is 11.9 Å². The molecule has 1 aromatic heterocycles. The second-order valence-corrected chi connectivity index (χ2v) is 7.24. The summed E-state index contributed by atoms with van der Waals surface area (Å²) in [5, 5.41) is 10.0. The molecule has 140 valence electrons. The zero-order valence-corrected chi connectivity index (χ0v) is 14.7. The number of nitrogens with one attached hydrogen (secondary N) is 2. The highest BCUT2D eigenvalue weighted by molar-refractivity contribution is 7.89. The number of anilines is 1. The van der Waals surface area contributed by atoms with E-state index in [1.54, 1.807) is 24.3 Å². The van der Waals surface area contributed by atoms with E-state index in [4.69, 9.17) is 4.42 Å². The highest BCUT2D eigenvalue weighted by atomic mass is 32.2. The van der Waals surface area contributed by atoms with Gasteiger partial charge in [0.15, 0.2) is 0 Å². The van der Waals surface area contributed by atoms with Crippen molar-refractivity contribution in [3.8, 4) is 11.5 Å².